The molecule has 0 saturated carbocycles. The fraction of sp³-hybridized carbons (Fsp3) is 0.562. The molecule has 1 aliphatic heterocycles. The Morgan fingerprint density at radius 3 is 2.68 bits per heavy atom. The number of rotatable bonds is 4. The van der Waals surface area contributed by atoms with Gasteiger partial charge in [-0.05, 0) is 12.0 Å². The SMILES string of the molecule is CCC(CC)C(O)C1(C#N)CCOc2ccccc21. The van der Waals surface area contributed by atoms with E-state index in [2.05, 4.69) is 19.9 Å². The fourth-order valence-corrected chi connectivity index (χ4v) is 3.04. The first kappa shape index (κ1) is 13.9. The number of hydrogen-bond acceptors (Lipinski definition) is 3. The summed E-state index contributed by atoms with van der Waals surface area (Å²) in [4.78, 5) is 0. The van der Waals surface area contributed by atoms with Gasteiger partial charge in [0.15, 0.2) is 0 Å². The summed E-state index contributed by atoms with van der Waals surface area (Å²) >= 11 is 0. The van der Waals surface area contributed by atoms with Crippen LogP contribution in [-0.4, -0.2) is 17.8 Å². The van der Waals surface area contributed by atoms with Crippen molar-refractivity contribution in [2.24, 2.45) is 5.92 Å². The summed E-state index contributed by atoms with van der Waals surface area (Å²) in [6, 6.07) is 9.97. The van der Waals surface area contributed by atoms with Crippen molar-refractivity contribution in [3.05, 3.63) is 29.8 Å². The summed E-state index contributed by atoms with van der Waals surface area (Å²) in [6.45, 7) is 4.61. The van der Waals surface area contributed by atoms with Crippen LogP contribution in [0.1, 0.15) is 38.7 Å². The Morgan fingerprint density at radius 1 is 1.37 bits per heavy atom. The summed E-state index contributed by atoms with van der Waals surface area (Å²) in [5.41, 5.74) is 0.00840. The molecule has 1 aliphatic rings. The Bertz CT molecular complexity index is 476. The molecule has 0 aliphatic carbocycles. The van der Waals surface area contributed by atoms with Crippen LogP contribution in [0, 0.1) is 17.2 Å². The van der Waals surface area contributed by atoms with E-state index in [1.54, 1.807) is 0 Å². The maximum absolute atomic E-state index is 10.8. The average molecular weight is 259 g/mol. The zero-order valence-electron chi connectivity index (χ0n) is 11.6. The van der Waals surface area contributed by atoms with Crippen LogP contribution >= 0.6 is 0 Å². The van der Waals surface area contributed by atoms with Gasteiger partial charge in [-0.3, -0.25) is 0 Å². The lowest BCUT2D eigenvalue weighted by Crippen LogP contribution is -2.46. The molecule has 1 aromatic carbocycles. The molecule has 2 unspecified atom stereocenters. The lowest BCUT2D eigenvalue weighted by Gasteiger charge is -2.39. The van der Waals surface area contributed by atoms with Gasteiger partial charge in [0.25, 0.3) is 0 Å². The van der Waals surface area contributed by atoms with E-state index >= 15 is 0 Å². The van der Waals surface area contributed by atoms with Crippen molar-refractivity contribution in [2.75, 3.05) is 6.61 Å². The molecular weight excluding hydrogens is 238 g/mol. The minimum Gasteiger partial charge on any atom is -0.493 e. The van der Waals surface area contributed by atoms with Crippen molar-refractivity contribution < 1.29 is 9.84 Å². The summed E-state index contributed by atoms with van der Waals surface area (Å²) in [7, 11) is 0. The number of fused-ring (bicyclic) bond motifs is 1. The van der Waals surface area contributed by atoms with Crippen LogP contribution in [0.5, 0.6) is 5.75 Å². The highest BCUT2D eigenvalue weighted by Gasteiger charge is 2.46. The van der Waals surface area contributed by atoms with Gasteiger partial charge < -0.3 is 9.84 Å². The zero-order chi connectivity index (χ0) is 13.9. The van der Waals surface area contributed by atoms with Gasteiger partial charge in [0, 0.05) is 12.0 Å². The number of para-hydroxylation sites is 1. The molecule has 0 fully saturated rings. The van der Waals surface area contributed by atoms with Crippen LogP contribution in [0.15, 0.2) is 24.3 Å². The molecule has 0 saturated heterocycles. The number of nitrogens with zero attached hydrogens (tertiary/aromatic N) is 1. The Kier molecular flexibility index (Phi) is 4.11. The van der Waals surface area contributed by atoms with Crippen molar-refractivity contribution in [1.82, 2.24) is 0 Å². The highest BCUT2D eigenvalue weighted by atomic mass is 16.5. The van der Waals surface area contributed by atoms with Crippen LogP contribution in [-0.2, 0) is 5.41 Å². The van der Waals surface area contributed by atoms with Gasteiger partial charge in [0.05, 0.1) is 18.8 Å². The molecule has 0 aromatic heterocycles. The first-order chi connectivity index (χ1) is 9.19. The number of hydrogen-bond donors (Lipinski definition) is 1. The van der Waals surface area contributed by atoms with E-state index in [1.807, 2.05) is 24.3 Å². The molecule has 1 aromatic rings. The van der Waals surface area contributed by atoms with Crippen LogP contribution in [0.3, 0.4) is 0 Å². The van der Waals surface area contributed by atoms with Crippen LogP contribution in [0.4, 0.5) is 0 Å². The Hall–Kier alpha value is -1.53. The lowest BCUT2D eigenvalue weighted by molar-refractivity contribution is 0.0293. The van der Waals surface area contributed by atoms with Gasteiger partial charge in [0.2, 0.25) is 0 Å². The number of aliphatic hydroxyl groups excluding tert-OH is 1. The lowest BCUT2D eigenvalue weighted by atomic mass is 9.68. The molecule has 0 radical (unpaired) electrons. The minimum absolute atomic E-state index is 0.144. The molecule has 0 bridgehead atoms. The summed E-state index contributed by atoms with van der Waals surface area (Å²) in [6.07, 6.45) is 1.67. The second kappa shape index (κ2) is 5.63. The van der Waals surface area contributed by atoms with E-state index in [1.165, 1.54) is 0 Å². The van der Waals surface area contributed by atoms with E-state index in [-0.39, 0.29) is 5.92 Å². The molecule has 102 valence electrons. The van der Waals surface area contributed by atoms with E-state index in [4.69, 9.17) is 4.74 Å². The van der Waals surface area contributed by atoms with Crippen molar-refractivity contribution in [2.45, 2.75) is 44.6 Å². The molecule has 2 atom stereocenters. The number of ether oxygens (including phenoxy) is 1. The summed E-state index contributed by atoms with van der Waals surface area (Å²) in [5, 5.41) is 20.5. The third-order valence-corrected chi connectivity index (χ3v) is 4.32. The van der Waals surface area contributed by atoms with Crippen molar-refractivity contribution in [3.8, 4) is 11.8 Å². The predicted molar refractivity (Wildman–Crippen MR) is 73.9 cm³/mol. The summed E-state index contributed by atoms with van der Waals surface area (Å²) in [5.74, 6) is 0.881. The van der Waals surface area contributed by atoms with Gasteiger partial charge in [-0.15, -0.1) is 0 Å². The van der Waals surface area contributed by atoms with Crippen LogP contribution < -0.4 is 4.74 Å². The maximum Gasteiger partial charge on any atom is 0.124 e. The van der Waals surface area contributed by atoms with E-state index in [0.29, 0.717) is 13.0 Å². The topological polar surface area (TPSA) is 53.2 Å². The molecule has 1 N–H and O–H groups in total. The highest BCUT2D eigenvalue weighted by molar-refractivity contribution is 5.46. The van der Waals surface area contributed by atoms with Crippen LogP contribution in [0.2, 0.25) is 0 Å². The number of nitriles is 1. The number of aliphatic hydroxyl groups is 1. The maximum atomic E-state index is 10.8. The minimum atomic E-state index is -0.828. The van der Waals surface area contributed by atoms with Gasteiger partial charge in [-0.1, -0.05) is 44.9 Å². The van der Waals surface area contributed by atoms with Crippen molar-refractivity contribution in [3.63, 3.8) is 0 Å². The van der Waals surface area contributed by atoms with Crippen molar-refractivity contribution in [1.29, 1.82) is 5.26 Å². The molecule has 2 rings (SSSR count). The van der Waals surface area contributed by atoms with Gasteiger partial charge >= 0.3 is 0 Å². The Labute approximate surface area is 114 Å². The van der Waals surface area contributed by atoms with Gasteiger partial charge in [-0.2, -0.15) is 5.26 Å². The monoisotopic (exact) mass is 259 g/mol. The average Bonchev–Trinajstić information content (AvgIpc) is 2.47. The quantitative estimate of drug-likeness (QED) is 0.904. The van der Waals surface area contributed by atoms with Gasteiger partial charge in [0.1, 0.15) is 11.2 Å². The molecule has 19 heavy (non-hydrogen) atoms. The third-order valence-electron chi connectivity index (χ3n) is 4.32. The third kappa shape index (κ3) is 2.21. The van der Waals surface area contributed by atoms with E-state index in [9.17, 15) is 10.4 Å². The highest BCUT2D eigenvalue weighted by Crippen LogP contribution is 2.43. The molecule has 3 nitrogen and oxygen atoms in total. The Morgan fingerprint density at radius 2 is 2.05 bits per heavy atom. The van der Waals surface area contributed by atoms with Gasteiger partial charge in [-0.25, -0.2) is 0 Å². The smallest absolute Gasteiger partial charge is 0.124 e. The molecule has 0 spiro atoms. The standard InChI is InChI=1S/C16H21NO2/c1-3-12(4-2)15(18)16(11-17)9-10-19-14-8-6-5-7-13(14)16/h5-8,12,15,18H,3-4,9-10H2,1-2H3. The fourth-order valence-electron chi connectivity index (χ4n) is 3.04. The molecular formula is C16H21NO2. The van der Waals surface area contributed by atoms with Crippen molar-refractivity contribution >= 4 is 0 Å². The predicted octanol–water partition coefficient (Wildman–Crippen LogP) is 3.03. The second-order valence-electron chi connectivity index (χ2n) is 5.20. The van der Waals surface area contributed by atoms with E-state index < -0.39 is 11.5 Å². The summed E-state index contributed by atoms with van der Waals surface area (Å²) < 4.78 is 5.62. The molecule has 1 heterocycles. The largest absolute Gasteiger partial charge is 0.493 e. The Balaban J connectivity index is 2.48. The normalized spacial score (nSPS) is 23.3. The first-order valence-electron chi connectivity index (χ1n) is 7.01. The molecule has 0 amide bonds. The van der Waals surface area contributed by atoms with E-state index in [0.717, 1.165) is 24.2 Å². The second-order valence-corrected chi connectivity index (χ2v) is 5.20. The number of benzene rings is 1. The molecule has 3 heteroatoms. The zero-order valence-corrected chi connectivity index (χ0v) is 11.6. The van der Waals surface area contributed by atoms with Crippen LogP contribution in [0.25, 0.3) is 0 Å². The first-order valence-corrected chi connectivity index (χ1v) is 7.01.